The Hall–Kier alpha value is -2.02. The summed E-state index contributed by atoms with van der Waals surface area (Å²) in [5, 5.41) is 0.647. The highest BCUT2D eigenvalue weighted by Crippen LogP contribution is 2.18. The molecule has 0 spiro atoms. The van der Waals surface area contributed by atoms with Gasteiger partial charge in [-0.05, 0) is 36.4 Å². The van der Waals surface area contributed by atoms with Gasteiger partial charge in [-0.25, -0.2) is 4.39 Å². The lowest BCUT2D eigenvalue weighted by molar-refractivity contribution is 0.306. The van der Waals surface area contributed by atoms with Crippen molar-refractivity contribution in [2.24, 2.45) is 5.73 Å². The molecule has 0 aliphatic heterocycles. The third kappa shape index (κ3) is 3.99. The average molecular weight is 290 g/mol. The minimum atomic E-state index is -0.332. The van der Waals surface area contributed by atoms with Crippen molar-refractivity contribution >= 4 is 11.6 Å². The first-order valence-electron chi connectivity index (χ1n) is 6.05. The number of hydrogen-bond acceptors (Lipinski definition) is 2. The van der Waals surface area contributed by atoms with Gasteiger partial charge in [0.15, 0.2) is 0 Å². The number of hydrogen-bond donors (Lipinski definition) is 1. The molecular weight excluding hydrogens is 277 g/mol. The molecule has 2 aromatic rings. The molecule has 102 valence electrons. The van der Waals surface area contributed by atoms with Crippen LogP contribution < -0.4 is 10.5 Å². The molecule has 0 unspecified atom stereocenters. The third-order valence-corrected chi connectivity index (χ3v) is 2.86. The summed E-state index contributed by atoms with van der Waals surface area (Å²) in [6.45, 7) is 0.532. The fourth-order valence-corrected chi connectivity index (χ4v) is 1.76. The molecule has 2 nitrogen and oxygen atoms in total. The summed E-state index contributed by atoms with van der Waals surface area (Å²) in [5.74, 6) is 5.92. The predicted octanol–water partition coefficient (Wildman–Crippen LogP) is 3.37. The Bertz CT molecular complexity index is 644. The van der Waals surface area contributed by atoms with Gasteiger partial charge < -0.3 is 10.5 Å². The van der Waals surface area contributed by atoms with Gasteiger partial charge in [0.25, 0.3) is 0 Å². The summed E-state index contributed by atoms with van der Waals surface area (Å²) in [6, 6.07) is 11.5. The van der Waals surface area contributed by atoms with Crippen molar-refractivity contribution in [1.82, 2.24) is 0 Å². The van der Waals surface area contributed by atoms with E-state index in [0.29, 0.717) is 22.9 Å². The van der Waals surface area contributed by atoms with E-state index < -0.39 is 0 Å². The SMILES string of the molecule is NCC#Cc1cc(F)ccc1COc1ccc(Cl)cc1. The number of benzene rings is 2. The highest BCUT2D eigenvalue weighted by atomic mass is 35.5. The molecule has 20 heavy (non-hydrogen) atoms. The van der Waals surface area contributed by atoms with E-state index in [1.165, 1.54) is 12.1 Å². The molecule has 0 saturated heterocycles. The van der Waals surface area contributed by atoms with Crippen LogP contribution in [0.15, 0.2) is 42.5 Å². The Balaban J connectivity index is 2.14. The molecule has 0 bridgehead atoms. The smallest absolute Gasteiger partial charge is 0.124 e. The van der Waals surface area contributed by atoms with E-state index >= 15 is 0 Å². The molecule has 0 heterocycles. The van der Waals surface area contributed by atoms with Gasteiger partial charge in [0.2, 0.25) is 0 Å². The van der Waals surface area contributed by atoms with Gasteiger partial charge in [-0.2, -0.15) is 0 Å². The van der Waals surface area contributed by atoms with Crippen molar-refractivity contribution in [3.05, 3.63) is 64.4 Å². The van der Waals surface area contributed by atoms with E-state index in [9.17, 15) is 4.39 Å². The number of nitrogens with two attached hydrogens (primary N) is 1. The monoisotopic (exact) mass is 289 g/mol. The number of ether oxygens (including phenoxy) is 1. The van der Waals surface area contributed by atoms with E-state index in [1.54, 1.807) is 30.3 Å². The van der Waals surface area contributed by atoms with Gasteiger partial charge in [0.1, 0.15) is 18.2 Å². The number of rotatable bonds is 3. The van der Waals surface area contributed by atoms with E-state index in [-0.39, 0.29) is 12.4 Å². The zero-order valence-corrected chi connectivity index (χ0v) is 11.5. The molecule has 0 fully saturated rings. The van der Waals surface area contributed by atoms with Crippen molar-refractivity contribution < 1.29 is 9.13 Å². The van der Waals surface area contributed by atoms with Gasteiger partial charge in [-0.15, -0.1) is 0 Å². The lowest BCUT2D eigenvalue weighted by atomic mass is 10.1. The van der Waals surface area contributed by atoms with E-state index in [0.717, 1.165) is 5.56 Å². The van der Waals surface area contributed by atoms with E-state index in [2.05, 4.69) is 11.8 Å². The molecule has 0 radical (unpaired) electrons. The molecule has 0 amide bonds. The van der Waals surface area contributed by atoms with Crippen molar-refractivity contribution in [1.29, 1.82) is 0 Å². The largest absolute Gasteiger partial charge is 0.489 e. The molecule has 4 heteroatoms. The second-order valence-electron chi connectivity index (χ2n) is 4.05. The first kappa shape index (κ1) is 14.4. The molecule has 2 rings (SSSR count). The first-order valence-corrected chi connectivity index (χ1v) is 6.42. The van der Waals surface area contributed by atoms with Crippen molar-refractivity contribution in [2.75, 3.05) is 6.54 Å². The highest BCUT2D eigenvalue weighted by Gasteiger charge is 2.03. The van der Waals surface area contributed by atoms with Crippen molar-refractivity contribution in [3.8, 4) is 17.6 Å². The fourth-order valence-electron chi connectivity index (χ4n) is 1.63. The Labute approximate surface area is 122 Å². The maximum Gasteiger partial charge on any atom is 0.124 e. The van der Waals surface area contributed by atoms with Crippen molar-refractivity contribution in [3.63, 3.8) is 0 Å². The molecular formula is C16H13ClFNO. The molecule has 2 aromatic carbocycles. The van der Waals surface area contributed by atoms with Gasteiger partial charge in [0.05, 0.1) is 6.54 Å². The Kier molecular flexibility index (Phi) is 5.00. The second-order valence-corrected chi connectivity index (χ2v) is 4.49. The van der Waals surface area contributed by atoms with E-state index in [4.69, 9.17) is 22.1 Å². The molecule has 2 N–H and O–H groups in total. The molecule has 0 aliphatic rings. The lowest BCUT2D eigenvalue weighted by Gasteiger charge is -2.08. The summed E-state index contributed by atoms with van der Waals surface area (Å²) >= 11 is 5.80. The van der Waals surface area contributed by atoms with Crippen LogP contribution >= 0.6 is 11.6 Å². The molecule has 0 atom stereocenters. The molecule has 0 saturated carbocycles. The lowest BCUT2D eigenvalue weighted by Crippen LogP contribution is -2.00. The zero-order valence-electron chi connectivity index (χ0n) is 10.7. The Morgan fingerprint density at radius 2 is 1.90 bits per heavy atom. The Morgan fingerprint density at radius 1 is 1.15 bits per heavy atom. The molecule has 0 aliphatic carbocycles. The number of halogens is 2. The van der Waals surface area contributed by atoms with Crippen LogP contribution in [0.4, 0.5) is 4.39 Å². The van der Waals surface area contributed by atoms with Crippen molar-refractivity contribution in [2.45, 2.75) is 6.61 Å². The summed E-state index contributed by atoms with van der Waals surface area (Å²) in [6.07, 6.45) is 0. The maximum atomic E-state index is 13.2. The summed E-state index contributed by atoms with van der Waals surface area (Å²) < 4.78 is 18.9. The van der Waals surface area contributed by atoms with Gasteiger partial charge in [-0.1, -0.05) is 29.5 Å². The van der Waals surface area contributed by atoms with Crippen LogP contribution in [-0.2, 0) is 6.61 Å². The minimum Gasteiger partial charge on any atom is -0.489 e. The normalized spacial score (nSPS) is 9.75. The standard InChI is InChI=1S/C16H13ClFNO/c17-14-4-7-16(8-5-14)20-11-13-3-6-15(18)10-12(13)2-1-9-19/h3-8,10H,9,11,19H2. The Morgan fingerprint density at radius 3 is 2.60 bits per heavy atom. The second kappa shape index (κ2) is 6.95. The van der Waals surface area contributed by atoms with Crippen LogP contribution in [0.2, 0.25) is 5.02 Å². The first-order chi connectivity index (χ1) is 9.69. The zero-order chi connectivity index (χ0) is 14.4. The predicted molar refractivity (Wildman–Crippen MR) is 78.1 cm³/mol. The molecule has 0 aromatic heterocycles. The fraction of sp³-hybridized carbons (Fsp3) is 0.125. The van der Waals surface area contributed by atoms with Crippen LogP contribution in [0.3, 0.4) is 0 Å². The summed E-state index contributed by atoms with van der Waals surface area (Å²) in [5.41, 5.74) is 6.73. The quantitative estimate of drug-likeness (QED) is 0.879. The maximum absolute atomic E-state index is 13.2. The third-order valence-electron chi connectivity index (χ3n) is 2.61. The highest BCUT2D eigenvalue weighted by molar-refractivity contribution is 6.30. The topological polar surface area (TPSA) is 35.2 Å². The van der Waals surface area contributed by atoms with Gasteiger partial charge in [-0.3, -0.25) is 0 Å². The van der Waals surface area contributed by atoms with Crippen LogP contribution in [0.5, 0.6) is 5.75 Å². The van der Waals surface area contributed by atoms with E-state index in [1.807, 2.05) is 0 Å². The van der Waals surface area contributed by atoms with Gasteiger partial charge >= 0.3 is 0 Å². The van der Waals surface area contributed by atoms with Gasteiger partial charge in [0, 0.05) is 16.1 Å². The van der Waals surface area contributed by atoms with Crippen LogP contribution in [0, 0.1) is 17.7 Å². The summed E-state index contributed by atoms with van der Waals surface area (Å²) in [7, 11) is 0. The average Bonchev–Trinajstić information content (AvgIpc) is 2.46. The van der Waals surface area contributed by atoms with Crippen LogP contribution in [0.25, 0.3) is 0 Å². The van der Waals surface area contributed by atoms with Crippen LogP contribution in [-0.4, -0.2) is 6.54 Å². The summed E-state index contributed by atoms with van der Waals surface area (Å²) in [4.78, 5) is 0. The minimum absolute atomic E-state index is 0.230. The van der Waals surface area contributed by atoms with Crippen LogP contribution in [0.1, 0.15) is 11.1 Å².